The molecule has 0 aliphatic carbocycles. The first kappa shape index (κ1) is 19.2. The summed E-state index contributed by atoms with van der Waals surface area (Å²) in [6.45, 7) is 4.21. The number of piperazine rings is 1. The number of carbonyl (C=O) groups excluding carboxylic acids is 1. The van der Waals surface area contributed by atoms with Crippen molar-refractivity contribution in [3.63, 3.8) is 0 Å². The predicted octanol–water partition coefficient (Wildman–Crippen LogP) is 3.81. The van der Waals surface area contributed by atoms with E-state index in [4.69, 9.17) is 0 Å². The molecule has 2 aromatic carbocycles. The van der Waals surface area contributed by atoms with Gasteiger partial charge in [0, 0.05) is 57.2 Å². The largest absolute Gasteiger partial charge is 0.336 e. The highest BCUT2D eigenvalue weighted by Crippen LogP contribution is 2.22. The Morgan fingerprint density at radius 3 is 2.28 bits per heavy atom. The first-order valence-corrected chi connectivity index (χ1v) is 10.0. The standard InChI is InChI=1S/C24H26N4O/c1-26(22-10-6-3-7-11-22)23-18-21(12-13-25-23)24(29)28-16-14-27(15-17-28)19-20-8-4-2-5-9-20/h2-13,18H,14-17,19H2,1H3. The van der Waals surface area contributed by atoms with Crippen molar-refractivity contribution < 1.29 is 4.79 Å². The minimum absolute atomic E-state index is 0.0782. The first-order valence-electron chi connectivity index (χ1n) is 10.0. The molecule has 1 aliphatic heterocycles. The molecule has 0 atom stereocenters. The summed E-state index contributed by atoms with van der Waals surface area (Å²) in [7, 11) is 1.97. The number of nitrogens with zero attached hydrogens (tertiary/aromatic N) is 4. The Hall–Kier alpha value is -3.18. The Bertz CT molecular complexity index is 937. The zero-order valence-corrected chi connectivity index (χ0v) is 16.7. The van der Waals surface area contributed by atoms with Crippen LogP contribution < -0.4 is 4.90 Å². The van der Waals surface area contributed by atoms with Gasteiger partial charge < -0.3 is 9.80 Å². The van der Waals surface area contributed by atoms with Gasteiger partial charge in [-0.2, -0.15) is 0 Å². The molecule has 0 unspecified atom stereocenters. The van der Waals surface area contributed by atoms with E-state index in [0.29, 0.717) is 5.56 Å². The zero-order valence-electron chi connectivity index (χ0n) is 16.7. The number of anilines is 2. The van der Waals surface area contributed by atoms with Crippen LogP contribution in [0.25, 0.3) is 0 Å². The van der Waals surface area contributed by atoms with Crippen molar-refractivity contribution in [2.75, 3.05) is 38.1 Å². The van der Waals surface area contributed by atoms with Crippen LogP contribution in [0.2, 0.25) is 0 Å². The van der Waals surface area contributed by atoms with Gasteiger partial charge >= 0.3 is 0 Å². The smallest absolute Gasteiger partial charge is 0.254 e. The Kier molecular flexibility index (Phi) is 5.86. The number of hydrogen-bond acceptors (Lipinski definition) is 4. The number of benzene rings is 2. The van der Waals surface area contributed by atoms with E-state index < -0.39 is 0 Å². The average Bonchev–Trinajstić information content (AvgIpc) is 2.80. The topological polar surface area (TPSA) is 39.7 Å². The van der Waals surface area contributed by atoms with Crippen molar-refractivity contribution >= 4 is 17.4 Å². The minimum Gasteiger partial charge on any atom is -0.336 e. The van der Waals surface area contributed by atoms with Gasteiger partial charge in [-0.15, -0.1) is 0 Å². The van der Waals surface area contributed by atoms with Gasteiger partial charge in [0.15, 0.2) is 0 Å². The Balaban J connectivity index is 1.39. The third-order valence-electron chi connectivity index (χ3n) is 5.39. The molecule has 0 spiro atoms. The second kappa shape index (κ2) is 8.88. The number of pyridine rings is 1. The second-order valence-electron chi connectivity index (χ2n) is 7.35. The normalized spacial score (nSPS) is 14.6. The number of rotatable bonds is 5. The molecule has 4 rings (SSSR count). The van der Waals surface area contributed by atoms with E-state index in [-0.39, 0.29) is 5.91 Å². The molecule has 1 aromatic heterocycles. The van der Waals surface area contributed by atoms with E-state index in [0.717, 1.165) is 44.2 Å². The van der Waals surface area contributed by atoms with Gasteiger partial charge in [0.2, 0.25) is 0 Å². The molecule has 0 N–H and O–H groups in total. The lowest BCUT2D eigenvalue weighted by Crippen LogP contribution is -2.48. The van der Waals surface area contributed by atoms with Gasteiger partial charge in [-0.3, -0.25) is 9.69 Å². The number of amides is 1. The summed E-state index contributed by atoms with van der Waals surface area (Å²) in [4.78, 5) is 23.8. The van der Waals surface area contributed by atoms with Crippen molar-refractivity contribution in [2.24, 2.45) is 0 Å². The third kappa shape index (κ3) is 4.63. The number of hydrogen-bond donors (Lipinski definition) is 0. The monoisotopic (exact) mass is 386 g/mol. The Labute approximate surface area is 172 Å². The van der Waals surface area contributed by atoms with Crippen LogP contribution in [-0.2, 0) is 6.54 Å². The highest BCUT2D eigenvalue weighted by Gasteiger charge is 2.22. The second-order valence-corrected chi connectivity index (χ2v) is 7.35. The summed E-state index contributed by atoms with van der Waals surface area (Å²) in [6, 6.07) is 24.2. The van der Waals surface area contributed by atoms with Crippen LogP contribution >= 0.6 is 0 Å². The predicted molar refractivity (Wildman–Crippen MR) is 116 cm³/mol. The summed E-state index contributed by atoms with van der Waals surface area (Å²) in [5, 5.41) is 0. The molecule has 148 valence electrons. The van der Waals surface area contributed by atoms with Gasteiger partial charge in [0.1, 0.15) is 5.82 Å². The number of para-hydroxylation sites is 1. The molecular formula is C24H26N4O. The SMILES string of the molecule is CN(c1ccccc1)c1cc(C(=O)N2CCN(Cc3ccccc3)CC2)ccn1. The maximum Gasteiger partial charge on any atom is 0.254 e. The Morgan fingerprint density at radius 1 is 0.931 bits per heavy atom. The molecule has 1 saturated heterocycles. The Morgan fingerprint density at radius 2 is 1.59 bits per heavy atom. The fourth-order valence-corrected chi connectivity index (χ4v) is 3.65. The number of aromatic nitrogens is 1. The molecule has 1 aliphatic rings. The summed E-state index contributed by atoms with van der Waals surface area (Å²) >= 11 is 0. The van der Waals surface area contributed by atoms with Gasteiger partial charge in [0.05, 0.1) is 0 Å². The van der Waals surface area contributed by atoms with E-state index >= 15 is 0 Å². The molecular weight excluding hydrogens is 360 g/mol. The van der Waals surface area contributed by atoms with Crippen LogP contribution in [0, 0.1) is 0 Å². The quantitative estimate of drug-likeness (QED) is 0.669. The van der Waals surface area contributed by atoms with E-state index in [1.807, 2.05) is 59.3 Å². The maximum absolute atomic E-state index is 13.0. The van der Waals surface area contributed by atoms with E-state index in [9.17, 15) is 4.79 Å². The van der Waals surface area contributed by atoms with Crippen molar-refractivity contribution in [1.29, 1.82) is 0 Å². The van der Waals surface area contributed by atoms with Crippen LogP contribution in [0.5, 0.6) is 0 Å². The van der Waals surface area contributed by atoms with E-state index in [1.165, 1.54) is 5.56 Å². The molecule has 5 heteroatoms. The van der Waals surface area contributed by atoms with E-state index in [1.54, 1.807) is 12.3 Å². The van der Waals surface area contributed by atoms with Gasteiger partial charge in [-0.1, -0.05) is 48.5 Å². The minimum atomic E-state index is 0.0782. The molecule has 3 aromatic rings. The summed E-state index contributed by atoms with van der Waals surface area (Å²) in [6.07, 6.45) is 1.72. The third-order valence-corrected chi connectivity index (χ3v) is 5.39. The van der Waals surface area contributed by atoms with Gasteiger partial charge in [0.25, 0.3) is 5.91 Å². The lowest BCUT2D eigenvalue weighted by Gasteiger charge is -2.35. The molecule has 0 saturated carbocycles. The van der Waals surface area contributed by atoms with Gasteiger partial charge in [-0.25, -0.2) is 4.98 Å². The van der Waals surface area contributed by atoms with Crippen LogP contribution in [0.15, 0.2) is 79.0 Å². The van der Waals surface area contributed by atoms with Crippen molar-refractivity contribution in [3.8, 4) is 0 Å². The molecule has 5 nitrogen and oxygen atoms in total. The van der Waals surface area contributed by atoms with Crippen LogP contribution in [0.3, 0.4) is 0 Å². The maximum atomic E-state index is 13.0. The molecule has 1 fully saturated rings. The highest BCUT2D eigenvalue weighted by atomic mass is 16.2. The van der Waals surface area contributed by atoms with Crippen molar-refractivity contribution in [1.82, 2.24) is 14.8 Å². The van der Waals surface area contributed by atoms with E-state index in [2.05, 4.69) is 34.1 Å². The lowest BCUT2D eigenvalue weighted by atomic mass is 10.1. The summed E-state index contributed by atoms with van der Waals surface area (Å²) in [5.41, 5.74) is 3.04. The summed E-state index contributed by atoms with van der Waals surface area (Å²) < 4.78 is 0. The molecule has 29 heavy (non-hydrogen) atoms. The molecule has 1 amide bonds. The first-order chi connectivity index (χ1) is 14.2. The fourth-order valence-electron chi connectivity index (χ4n) is 3.65. The summed E-state index contributed by atoms with van der Waals surface area (Å²) in [5.74, 6) is 0.847. The lowest BCUT2D eigenvalue weighted by molar-refractivity contribution is 0.0628. The van der Waals surface area contributed by atoms with Crippen molar-refractivity contribution in [2.45, 2.75) is 6.54 Å². The molecule has 2 heterocycles. The highest BCUT2D eigenvalue weighted by molar-refractivity contribution is 5.95. The zero-order chi connectivity index (χ0) is 20.1. The molecule has 0 bridgehead atoms. The van der Waals surface area contributed by atoms with Crippen LogP contribution in [0.4, 0.5) is 11.5 Å². The fraction of sp³-hybridized carbons (Fsp3) is 0.250. The number of carbonyl (C=O) groups is 1. The average molecular weight is 386 g/mol. The van der Waals surface area contributed by atoms with Crippen LogP contribution in [-0.4, -0.2) is 53.9 Å². The van der Waals surface area contributed by atoms with Gasteiger partial charge in [-0.05, 0) is 29.8 Å². The molecule has 0 radical (unpaired) electrons. The van der Waals surface area contributed by atoms with Crippen LogP contribution in [0.1, 0.15) is 15.9 Å². The van der Waals surface area contributed by atoms with Crippen molar-refractivity contribution in [3.05, 3.63) is 90.1 Å².